The highest BCUT2D eigenvalue weighted by atomic mass is 32.1. The summed E-state index contributed by atoms with van der Waals surface area (Å²) in [4.78, 5) is 13.1. The minimum Gasteiger partial charge on any atom is -0.356 e. The second-order valence-electron chi connectivity index (χ2n) is 5.26. The molecule has 2 aromatic rings. The molecule has 5 nitrogen and oxygen atoms in total. The monoisotopic (exact) mass is 317 g/mol. The van der Waals surface area contributed by atoms with Crippen LogP contribution >= 0.6 is 11.3 Å². The minimum absolute atomic E-state index is 0.500. The van der Waals surface area contributed by atoms with Gasteiger partial charge in [-0.3, -0.25) is 9.98 Å². The Bertz CT molecular complexity index is 592. The first kappa shape index (κ1) is 16.4. The molecule has 6 heteroatoms. The average molecular weight is 317 g/mol. The van der Waals surface area contributed by atoms with Gasteiger partial charge in [0.2, 0.25) is 0 Å². The molecule has 0 spiro atoms. The van der Waals surface area contributed by atoms with Gasteiger partial charge in [0.15, 0.2) is 5.96 Å². The second-order valence-corrected chi connectivity index (χ2v) is 6.15. The minimum atomic E-state index is 0.500. The molecule has 2 heterocycles. The highest BCUT2D eigenvalue weighted by Gasteiger charge is 2.06. The summed E-state index contributed by atoms with van der Waals surface area (Å²) in [5, 5.41) is 9.90. The van der Waals surface area contributed by atoms with E-state index in [4.69, 9.17) is 0 Å². The van der Waals surface area contributed by atoms with Crippen molar-refractivity contribution in [2.45, 2.75) is 32.7 Å². The molecule has 0 amide bonds. The first-order valence-electron chi connectivity index (χ1n) is 7.47. The van der Waals surface area contributed by atoms with E-state index in [1.807, 2.05) is 18.2 Å². The SMILES string of the molecule is CN=C(NCCc1csc(C(C)C)n1)NCc1ccccn1. The number of pyridine rings is 1. The molecule has 0 fully saturated rings. The fraction of sp³-hybridized carbons (Fsp3) is 0.438. The molecular formula is C16H23N5S. The molecule has 22 heavy (non-hydrogen) atoms. The molecule has 2 N–H and O–H groups in total. The Morgan fingerprint density at radius 1 is 1.27 bits per heavy atom. The summed E-state index contributed by atoms with van der Waals surface area (Å²) in [7, 11) is 1.77. The number of hydrogen-bond acceptors (Lipinski definition) is 4. The highest BCUT2D eigenvalue weighted by Crippen LogP contribution is 2.19. The maximum absolute atomic E-state index is 4.63. The van der Waals surface area contributed by atoms with Crippen molar-refractivity contribution < 1.29 is 0 Å². The number of nitrogens with one attached hydrogen (secondary N) is 2. The van der Waals surface area contributed by atoms with Gasteiger partial charge in [0.1, 0.15) is 0 Å². The molecule has 0 saturated carbocycles. The smallest absolute Gasteiger partial charge is 0.191 e. The Kier molecular flexibility index (Phi) is 6.33. The van der Waals surface area contributed by atoms with Crippen LogP contribution in [-0.2, 0) is 13.0 Å². The number of rotatable bonds is 6. The van der Waals surface area contributed by atoms with Gasteiger partial charge in [-0.15, -0.1) is 11.3 Å². The third-order valence-electron chi connectivity index (χ3n) is 3.12. The number of nitrogens with zero attached hydrogens (tertiary/aromatic N) is 3. The molecule has 118 valence electrons. The standard InChI is InChI=1S/C16H23N5S/c1-12(2)15-21-14(11-22-15)7-9-19-16(17-3)20-10-13-6-4-5-8-18-13/h4-6,8,11-12H,7,9-10H2,1-3H3,(H2,17,19,20). The van der Waals surface area contributed by atoms with Crippen LogP contribution < -0.4 is 10.6 Å². The van der Waals surface area contributed by atoms with Crippen LogP contribution in [0.1, 0.15) is 36.2 Å². The van der Waals surface area contributed by atoms with Gasteiger partial charge in [0, 0.05) is 37.5 Å². The lowest BCUT2D eigenvalue weighted by Gasteiger charge is -2.11. The Morgan fingerprint density at radius 3 is 2.77 bits per heavy atom. The highest BCUT2D eigenvalue weighted by molar-refractivity contribution is 7.09. The summed E-state index contributed by atoms with van der Waals surface area (Å²) in [6, 6.07) is 5.88. The number of aliphatic imine (C=N–C) groups is 1. The molecule has 0 aromatic carbocycles. The Morgan fingerprint density at radius 2 is 2.14 bits per heavy atom. The maximum atomic E-state index is 4.63. The number of thiazole rings is 1. The van der Waals surface area contributed by atoms with Crippen molar-refractivity contribution in [2.75, 3.05) is 13.6 Å². The summed E-state index contributed by atoms with van der Waals surface area (Å²) in [5.41, 5.74) is 2.13. The third-order valence-corrected chi connectivity index (χ3v) is 4.32. The van der Waals surface area contributed by atoms with Crippen LogP contribution in [0.25, 0.3) is 0 Å². The van der Waals surface area contributed by atoms with Gasteiger partial charge in [-0.1, -0.05) is 19.9 Å². The molecule has 0 atom stereocenters. The van der Waals surface area contributed by atoms with Crippen molar-refractivity contribution in [1.29, 1.82) is 0 Å². The summed E-state index contributed by atoms with van der Waals surface area (Å²) in [6.07, 6.45) is 2.69. The van der Waals surface area contributed by atoms with Crippen molar-refractivity contribution in [3.63, 3.8) is 0 Å². The van der Waals surface area contributed by atoms with Gasteiger partial charge in [-0.2, -0.15) is 0 Å². The predicted molar refractivity (Wildman–Crippen MR) is 92.3 cm³/mol. The summed E-state index contributed by atoms with van der Waals surface area (Å²) >= 11 is 1.74. The van der Waals surface area contributed by atoms with Crippen LogP contribution in [0.4, 0.5) is 0 Å². The van der Waals surface area contributed by atoms with Crippen LogP contribution in [0.15, 0.2) is 34.8 Å². The van der Waals surface area contributed by atoms with Crippen LogP contribution in [0.2, 0.25) is 0 Å². The van der Waals surface area contributed by atoms with Gasteiger partial charge in [-0.05, 0) is 12.1 Å². The zero-order chi connectivity index (χ0) is 15.8. The molecular weight excluding hydrogens is 294 g/mol. The number of aromatic nitrogens is 2. The van der Waals surface area contributed by atoms with E-state index >= 15 is 0 Å². The van der Waals surface area contributed by atoms with E-state index in [0.29, 0.717) is 12.5 Å². The lowest BCUT2D eigenvalue weighted by atomic mass is 10.2. The maximum Gasteiger partial charge on any atom is 0.191 e. The van der Waals surface area contributed by atoms with E-state index in [2.05, 4.69) is 44.8 Å². The van der Waals surface area contributed by atoms with Gasteiger partial charge in [0.05, 0.1) is 22.9 Å². The first-order valence-corrected chi connectivity index (χ1v) is 8.35. The first-order chi connectivity index (χ1) is 10.7. The molecule has 0 radical (unpaired) electrons. The van der Waals surface area contributed by atoms with E-state index in [9.17, 15) is 0 Å². The predicted octanol–water partition coefficient (Wildman–Crippen LogP) is 2.57. The van der Waals surface area contributed by atoms with E-state index < -0.39 is 0 Å². The van der Waals surface area contributed by atoms with E-state index in [1.54, 1.807) is 24.6 Å². The van der Waals surface area contributed by atoms with Crippen molar-refractivity contribution in [3.05, 3.63) is 46.2 Å². The zero-order valence-electron chi connectivity index (χ0n) is 13.3. The van der Waals surface area contributed by atoms with E-state index in [0.717, 1.165) is 30.3 Å². The summed E-state index contributed by atoms with van der Waals surface area (Å²) < 4.78 is 0. The van der Waals surface area contributed by atoms with Crippen LogP contribution in [0.5, 0.6) is 0 Å². The molecule has 2 rings (SSSR count). The fourth-order valence-electron chi connectivity index (χ4n) is 1.91. The van der Waals surface area contributed by atoms with Crippen LogP contribution in [0, 0.1) is 0 Å². The van der Waals surface area contributed by atoms with Crippen molar-refractivity contribution >= 4 is 17.3 Å². The largest absolute Gasteiger partial charge is 0.356 e. The Hall–Kier alpha value is -1.95. The molecule has 0 bridgehead atoms. The number of hydrogen-bond donors (Lipinski definition) is 2. The van der Waals surface area contributed by atoms with Crippen LogP contribution in [0.3, 0.4) is 0 Å². The zero-order valence-corrected chi connectivity index (χ0v) is 14.2. The molecule has 0 aliphatic rings. The van der Waals surface area contributed by atoms with Crippen molar-refractivity contribution in [1.82, 2.24) is 20.6 Å². The Labute approximate surface area is 135 Å². The van der Waals surface area contributed by atoms with Crippen LogP contribution in [-0.4, -0.2) is 29.5 Å². The van der Waals surface area contributed by atoms with Gasteiger partial charge < -0.3 is 10.6 Å². The lowest BCUT2D eigenvalue weighted by Crippen LogP contribution is -2.38. The van der Waals surface area contributed by atoms with Gasteiger partial charge in [0.25, 0.3) is 0 Å². The van der Waals surface area contributed by atoms with E-state index in [-0.39, 0.29) is 0 Å². The Balaban J connectivity index is 1.74. The quantitative estimate of drug-likeness (QED) is 0.635. The molecule has 0 aliphatic carbocycles. The second kappa shape index (κ2) is 8.48. The summed E-state index contributed by atoms with van der Waals surface area (Å²) in [6.45, 7) is 5.81. The van der Waals surface area contributed by atoms with Gasteiger partial charge >= 0.3 is 0 Å². The fourth-order valence-corrected chi connectivity index (χ4v) is 2.78. The van der Waals surface area contributed by atoms with Crippen molar-refractivity contribution in [3.8, 4) is 0 Å². The molecule has 0 unspecified atom stereocenters. The topological polar surface area (TPSA) is 62.2 Å². The normalized spacial score (nSPS) is 11.7. The summed E-state index contributed by atoms with van der Waals surface area (Å²) in [5.74, 6) is 1.28. The third kappa shape index (κ3) is 5.11. The van der Waals surface area contributed by atoms with E-state index in [1.165, 1.54) is 5.01 Å². The average Bonchev–Trinajstić information content (AvgIpc) is 3.01. The van der Waals surface area contributed by atoms with Gasteiger partial charge in [-0.25, -0.2) is 4.98 Å². The number of guanidine groups is 1. The molecule has 0 aliphatic heterocycles. The molecule has 0 saturated heterocycles. The molecule has 2 aromatic heterocycles. The van der Waals surface area contributed by atoms with Crippen molar-refractivity contribution in [2.24, 2.45) is 4.99 Å². The lowest BCUT2D eigenvalue weighted by molar-refractivity contribution is 0.770.